The summed E-state index contributed by atoms with van der Waals surface area (Å²) in [5, 5.41) is 7.37. The van der Waals surface area contributed by atoms with Crippen LogP contribution in [-0.2, 0) is 0 Å². The number of rotatable bonds is 5. The lowest BCUT2D eigenvalue weighted by Crippen LogP contribution is -1.98. The minimum Gasteiger partial charge on any atom is -0.309 e. The summed E-state index contributed by atoms with van der Waals surface area (Å²) in [4.78, 5) is 4.49. The molecule has 0 unspecified atom stereocenters. The molecule has 0 saturated heterocycles. The first-order valence-corrected chi connectivity index (χ1v) is 17.5. The molecule has 0 aliphatic carbocycles. The highest BCUT2D eigenvalue weighted by molar-refractivity contribution is 6.22. The average molecular weight is 649 g/mol. The molecule has 0 amide bonds. The summed E-state index contributed by atoms with van der Waals surface area (Å²) >= 11 is 0. The van der Waals surface area contributed by atoms with Gasteiger partial charge < -0.3 is 4.57 Å². The molecule has 0 radical (unpaired) electrons. The Bertz CT molecular complexity index is 2850. The van der Waals surface area contributed by atoms with Crippen LogP contribution in [0.4, 0.5) is 0 Å². The van der Waals surface area contributed by atoms with Gasteiger partial charge in [-0.1, -0.05) is 158 Å². The van der Waals surface area contributed by atoms with Crippen LogP contribution >= 0.6 is 0 Å². The van der Waals surface area contributed by atoms with E-state index in [1.807, 2.05) is 12.4 Å². The summed E-state index contributed by atoms with van der Waals surface area (Å²) in [5.41, 5.74) is 13.2. The van der Waals surface area contributed by atoms with Gasteiger partial charge in [0.25, 0.3) is 0 Å². The van der Waals surface area contributed by atoms with Crippen LogP contribution in [0, 0.1) is 0 Å². The van der Waals surface area contributed by atoms with E-state index in [0.29, 0.717) is 0 Å². The minimum absolute atomic E-state index is 1.14. The van der Waals surface area contributed by atoms with Gasteiger partial charge in [-0.15, -0.1) is 0 Å². The summed E-state index contributed by atoms with van der Waals surface area (Å²) in [6.07, 6.45) is 3.87. The third-order valence-electron chi connectivity index (χ3n) is 10.3. The van der Waals surface area contributed by atoms with E-state index in [0.717, 1.165) is 16.6 Å². The van der Waals surface area contributed by atoms with Crippen LogP contribution in [0.1, 0.15) is 0 Å². The molecule has 0 bridgehead atoms. The zero-order chi connectivity index (χ0) is 33.7. The van der Waals surface area contributed by atoms with E-state index in [9.17, 15) is 0 Å². The summed E-state index contributed by atoms with van der Waals surface area (Å²) in [5.74, 6) is 0. The zero-order valence-electron chi connectivity index (χ0n) is 27.9. The fourth-order valence-electron chi connectivity index (χ4n) is 8.12. The van der Waals surface area contributed by atoms with E-state index in [1.54, 1.807) is 0 Å². The second-order valence-electron chi connectivity index (χ2n) is 13.1. The quantitative estimate of drug-likeness (QED) is 0.170. The molecule has 10 rings (SSSR count). The van der Waals surface area contributed by atoms with Crippen molar-refractivity contribution < 1.29 is 0 Å². The maximum Gasteiger partial charge on any atom is 0.0572 e. The van der Waals surface area contributed by atoms with Crippen LogP contribution in [0.15, 0.2) is 194 Å². The molecule has 0 spiro atoms. The molecule has 51 heavy (non-hydrogen) atoms. The monoisotopic (exact) mass is 648 g/mol. The van der Waals surface area contributed by atoms with Gasteiger partial charge in [0.1, 0.15) is 0 Å². The summed E-state index contributed by atoms with van der Waals surface area (Å²) in [6.45, 7) is 0. The number of fused-ring (bicyclic) bond motifs is 5. The van der Waals surface area contributed by atoms with Crippen molar-refractivity contribution in [1.82, 2.24) is 9.55 Å². The van der Waals surface area contributed by atoms with Crippen LogP contribution < -0.4 is 0 Å². The predicted molar refractivity (Wildman–Crippen MR) is 215 cm³/mol. The van der Waals surface area contributed by atoms with Gasteiger partial charge in [0, 0.05) is 28.7 Å². The van der Waals surface area contributed by atoms with Crippen molar-refractivity contribution in [1.29, 1.82) is 0 Å². The number of para-hydroxylation sites is 2. The molecule has 2 nitrogen and oxygen atoms in total. The molecule has 0 atom stereocenters. The van der Waals surface area contributed by atoms with E-state index in [1.165, 1.54) is 77.0 Å². The number of hydrogen-bond donors (Lipinski definition) is 0. The maximum atomic E-state index is 4.49. The van der Waals surface area contributed by atoms with Gasteiger partial charge in [-0.25, -0.2) is 0 Å². The Labute approximate surface area is 296 Å². The van der Waals surface area contributed by atoms with Crippen molar-refractivity contribution in [2.75, 3.05) is 0 Å². The first kappa shape index (κ1) is 29.2. The van der Waals surface area contributed by atoms with Gasteiger partial charge in [-0.3, -0.25) is 4.98 Å². The lowest BCUT2D eigenvalue weighted by molar-refractivity contribution is 1.18. The normalized spacial score (nSPS) is 11.5. The Morgan fingerprint density at radius 2 is 0.863 bits per heavy atom. The third-order valence-corrected chi connectivity index (χ3v) is 10.3. The van der Waals surface area contributed by atoms with Crippen molar-refractivity contribution in [2.45, 2.75) is 0 Å². The lowest BCUT2D eigenvalue weighted by atomic mass is 9.84. The first-order chi connectivity index (χ1) is 25.3. The number of benzene rings is 8. The van der Waals surface area contributed by atoms with E-state index in [-0.39, 0.29) is 0 Å². The largest absolute Gasteiger partial charge is 0.309 e. The van der Waals surface area contributed by atoms with Crippen molar-refractivity contribution in [3.05, 3.63) is 194 Å². The molecule has 0 fully saturated rings. The highest BCUT2D eigenvalue weighted by Gasteiger charge is 2.20. The molecule has 10 aromatic rings. The fraction of sp³-hybridized carbons (Fsp3) is 0. The van der Waals surface area contributed by atoms with Crippen LogP contribution in [0.3, 0.4) is 0 Å². The number of nitrogens with zero attached hydrogens (tertiary/aromatic N) is 2. The Morgan fingerprint density at radius 3 is 1.59 bits per heavy atom. The maximum absolute atomic E-state index is 4.49. The van der Waals surface area contributed by atoms with Crippen molar-refractivity contribution in [3.63, 3.8) is 0 Å². The molecule has 8 aromatic carbocycles. The van der Waals surface area contributed by atoms with Gasteiger partial charge in [0.2, 0.25) is 0 Å². The highest BCUT2D eigenvalue weighted by atomic mass is 15.0. The lowest BCUT2D eigenvalue weighted by Gasteiger charge is -2.20. The second-order valence-corrected chi connectivity index (χ2v) is 13.1. The van der Waals surface area contributed by atoms with Crippen LogP contribution in [-0.4, -0.2) is 9.55 Å². The number of aromatic nitrogens is 2. The minimum atomic E-state index is 1.14. The molecule has 238 valence electrons. The molecule has 2 aromatic heterocycles. The molecule has 0 saturated carbocycles. The van der Waals surface area contributed by atoms with E-state index in [4.69, 9.17) is 0 Å². The molecule has 0 aliphatic rings. The standard InChI is InChI=1S/C49H32N2/c1-3-15-33(16-4-1)48-40-23-9-10-24-41(40)49(34-17-5-2-6-18-34)43-31-35(27-28-42(43)48)36-19-7-8-20-37(36)38-21-11-13-25-45(38)51-46-26-14-12-22-39(46)44-32-50-30-29-47(44)51/h1-32H. The Kier molecular flexibility index (Phi) is 6.85. The summed E-state index contributed by atoms with van der Waals surface area (Å²) in [6, 6.07) is 66.0. The smallest absolute Gasteiger partial charge is 0.0572 e. The Morgan fingerprint density at radius 1 is 0.333 bits per heavy atom. The predicted octanol–water partition coefficient (Wildman–Crippen LogP) is 13.2. The van der Waals surface area contributed by atoms with E-state index < -0.39 is 0 Å². The topological polar surface area (TPSA) is 17.8 Å². The van der Waals surface area contributed by atoms with Crippen LogP contribution in [0.25, 0.3) is 93.5 Å². The molecular weight excluding hydrogens is 617 g/mol. The van der Waals surface area contributed by atoms with Crippen molar-refractivity contribution >= 4 is 43.4 Å². The third kappa shape index (κ3) is 4.69. The van der Waals surface area contributed by atoms with Gasteiger partial charge in [-0.2, -0.15) is 0 Å². The van der Waals surface area contributed by atoms with Crippen molar-refractivity contribution in [3.8, 4) is 50.2 Å². The van der Waals surface area contributed by atoms with E-state index in [2.05, 4.69) is 192 Å². The average Bonchev–Trinajstić information content (AvgIpc) is 3.54. The zero-order valence-corrected chi connectivity index (χ0v) is 27.9. The van der Waals surface area contributed by atoms with Gasteiger partial charge >= 0.3 is 0 Å². The SMILES string of the molecule is c1ccc(-c2c3ccccc3c(-c3ccccc3)c3cc(-c4ccccc4-c4ccccc4-n4c5ccccc5c5cnccc54)ccc23)cc1. The fourth-order valence-corrected chi connectivity index (χ4v) is 8.12. The molecular formula is C49H32N2. The molecule has 2 heterocycles. The first-order valence-electron chi connectivity index (χ1n) is 17.5. The number of hydrogen-bond acceptors (Lipinski definition) is 1. The van der Waals surface area contributed by atoms with Crippen LogP contribution in [0.5, 0.6) is 0 Å². The van der Waals surface area contributed by atoms with Crippen molar-refractivity contribution in [2.24, 2.45) is 0 Å². The van der Waals surface area contributed by atoms with Gasteiger partial charge in [0.05, 0.1) is 16.7 Å². The summed E-state index contributed by atoms with van der Waals surface area (Å²) < 4.78 is 2.39. The van der Waals surface area contributed by atoms with Gasteiger partial charge in [0.15, 0.2) is 0 Å². The molecule has 0 aliphatic heterocycles. The molecule has 0 N–H and O–H groups in total. The highest BCUT2D eigenvalue weighted by Crippen LogP contribution is 2.46. The number of pyridine rings is 1. The molecule has 2 heteroatoms. The van der Waals surface area contributed by atoms with Crippen LogP contribution in [0.2, 0.25) is 0 Å². The van der Waals surface area contributed by atoms with Gasteiger partial charge in [-0.05, 0) is 84.8 Å². The summed E-state index contributed by atoms with van der Waals surface area (Å²) in [7, 11) is 0. The Hall–Kier alpha value is -6.77. The second kappa shape index (κ2) is 12.0. The Balaban J connectivity index is 1.25. The van der Waals surface area contributed by atoms with E-state index >= 15 is 0 Å².